The van der Waals surface area contributed by atoms with Crippen molar-refractivity contribution in [1.29, 1.82) is 0 Å². The number of rotatable bonds is 8. The molecule has 4 aromatic rings. The average molecular weight is 412 g/mol. The molecule has 1 amide bonds. The molecule has 0 bridgehead atoms. The fourth-order valence-corrected chi connectivity index (χ4v) is 3.53. The summed E-state index contributed by atoms with van der Waals surface area (Å²) in [6, 6.07) is 31.0. The second kappa shape index (κ2) is 9.92. The average Bonchev–Trinajstić information content (AvgIpc) is 2.83. The topological polar surface area (TPSA) is 58.6 Å². The van der Waals surface area contributed by atoms with Crippen LogP contribution >= 0.6 is 0 Å². The maximum Gasteiger partial charge on any atom is 0.251 e. The molecule has 0 aliphatic heterocycles. The lowest BCUT2D eigenvalue weighted by molar-refractivity contribution is 0.0916. The van der Waals surface area contributed by atoms with Crippen LogP contribution in [-0.2, 0) is 13.0 Å². The van der Waals surface area contributed by atoms with Crippen molar-refractivity contribution in [2.75, 3.05) is 6.61 Å². The molecular weight excluding hydrogens is 386 g/mol. The second-order valence-corrected chi connectivity index (χ2v) is 7.54. The van der Waals surface area contributed by atoms with E-state index < -0.39 is 0 Å². The maximum absolute atomic E-state index is 12.6. The van der Waals surface area contributed by atoms with Crippen LogP contribution in [-0.4, -0.2) is 23.7 Å². The van der Waals surface area contributed by atoms with Crippen molar-refractivity contribution in [3.63, 3.8) is 0 Å². The van der Waals surface area contributed by atoms with E-state index in [1.165, 1.54) is 10.8 Å². The van der Waals surface area contributed by atoms with Crippen LogP contribution in [0.3, 0.4) is 0 Å². The van der Waals surface area contributed by atoms with Crippen molar-refractivity contribution in [2.45, 2.75) is 19.1 Å². The van der Waals surface area contributed by atoms with Gasteiger partial charge in [0, 0.05) is 5.56 Å². The number of ether oxygens (including phenoxy) is 1. The summed E-state index contributed by atoms with van der Waals surface area (Å²) in [6.45, 7) is 0.341. The molecule has 1 atom stereocenters. The minimum Gasteiger partial charge on any atom is -0.489 e. The zero-order chi connectivity index (χ0) is 21.5. The molecule has 4 heteroatoms. The molecule has 156 valence electrons. The molecule has 31 heavy (non-hydrogen) atoms. The van der Waals surface area contributed by atoms with E-state index in [9.17, 15) is 9.90 Å². The summed E-state index contributed by atoms with van der Waals surface area (Å²) in [7, 11) is 0. The summed E-state index contributed by atoms with van der Waals surface area (Å²) in [4.78, 5) is 12.6. The van der Waals surface area contributed by atoms with Crippen LogP contribution < -0.4 is 10.1 Å². The SMILES string of the molecule is O=C(N[C@H](CO)Cc1ccccc1)c1ccc(OCc2ccc3ccccc3c2)cc1. The molecule has 0 saturated heterocycles. The number of hydrogen-bond donors (Lipinski definition) is 2. The van der Waals surface area contributed by atoms with Crippen LogP contribution in [0.2, 0.25) is 0 Å². The van der Waals surface area contributed by atoms with E-state index in [2.05, 4.69) is 35.6 Å². The number of amides is 1. The van der Waals surface area contributed by atoms with Gasteiger partial charge in [0.1, 0.15) is 12.4 Å². The van der Waals surface area contributed by atoms with Crippen LogP contribution in [0.15, 0.2) is 97.1 Å². The van der Waals surface area contributed by atoms with Crippen molar-refractivity contribution in [3.8, 4) is 5.75 Å². The Labute approximate surface area is 182 Å². The predicted molar refractivity (Wildman–Crippen MR) is 123 cm³/mol. The Hall–Kier alpha value is -3.63. The third-order valence-electron chi connectivity index (χ3n) is 5.22. The van der Waals surface area contributed by atoms with Crippen molar-refractivity contribution in [3.05, 3.63) is 114 Å². The third kappa shape index (κ3) is 5.50. The van der Waals surface area contributed by atoms with Crippen LogP contribution in [0, 0.1) is 0 Å². The number of aliphatic hydroxyl groups excluding tert-OH is 1. The van der Waals surface area contributed by atoms with Gasteiger partial charge in [-0.3, -0.25) is 4.79 Å². The van der Waals surface area contributed by atoms with Gasteiger partial charge in [-0.1, -0.05) is 66.7 Å². The fraction of sp³-hybridized carbons (Fsp3) is 0.148. The van der Waals surface area contributed by atoms with Crippen molar-refractivity contribution in [1.82, 2.24) is 5.32 Å². The molecule has 0 spiro atoms. The van der Waals surface area contributed by atoms with E-state index in [0.29, 0.717) is 24.3 Å². The highest BCUT2D eigenvalue weighted by molar-refractivity contribution is 5.94. The second-order valence-electron chi connectivity index (χ2n) is 7.54. The Kier molecular flexibility index (Phi) is 6.60. The first-order chi connectivity index (χ1) is 15.2. The van der Waals surface area contributed by atoms with Gasteiger partial charge in [0.05, 0.1) is 12.6 Å². The third-order valence-corrected chi connectivity index (χ3v) is 5.22. The first-order valence-corrected chi connectivity index (χ1v) is 10.4. The monoisotopic (exact) mass is 411 g/mol. The number of carbonyl (C=O) groups is 1. The van der Waals surface area contributed by atoms with Crippen molar-refractivity contribution in [2.24, 2.45) is 0 Å². The number of aliphatic hydroxyl groups is 1. The molecule has 0 aromatic heterocycles. The predicted octanol–water partition coefficient (Wildman–Crippen LogP) is 4.75. The molecule has 0 aliphatic carbocycles. The lowest BCUT2D eigenvalue weighted by Gasteiger charge is -2.16. The number of fused-ring (bicyclic) bond motifs is 1. The molecule has 0 fully saturated rings. The number of nitrogens with one attached hydrogen (secondary N) is 1. The van der Waals surface area contributed by atoms with Gasteiger partial charge in [-0.05, 0) is 58.7 Å². The zero-order valence-corrected chi connectivity index (χ0v) is 17.2. The lowest BCUT2D eigenvalue weighted by Crippen LogP contribution is -2.39. The molecule has 0 radical (unpaired) electrons. The standard InChI is InChI=1S/C27H25NO3/c29-18-25(17-20-6-2-1-3-7-20)28-27(30)23-12-14-26(15-13-23)31-19-21-10-11-22-8-4-5-9-24(22)16-21/h1-16,25,29H,17-19H2,(H,28,30)/t25-/m0/s1. The molecule has 0 saturated carbocycles. The van der Waals surface area contributed by atoms with Crippen molar-refractivity contribution < 1.29 is 14.6 Å². The van der Waals surface area contributed by atoms with Gasteiger partial charge in [-0.25, -0.2) is 0 Å². The molecule has 0 unspecified atom stereocenters. The summed E-state index contributed by atoms with van der Waals surface area (Å²) >= 11 is 0. The molecule has 2 N–H and O–H groups in total. The van der Waals surface area contributed by atoms with E-state index in [-0.39, 0.29) is 18.6 Å². The van der Waals surface area contributed by atoms with E-state index in [1.807, 2.05) is 42.5 Å². The normalized spacial score (nSPS) is 11.8. The largest absolute Gasteiger partial charge is 0.489 e. The van der Waals surface area contributed by atoms with E-state index >= 15 is 0 Å². The fourth-order valence-electron chi connectivity index (χ4n) is 3.53. The highest BCUT2D eigenvalue weighted by Crippen LogP contribution is 2.18. The summed E-state index contributed by atoms with van der Waals surface area (Å²) in [5.74, 6) is 0.490. The molecule has 0 heterocycles. The van der Waals surface area contributed by atoms with Crippen LogP contribution in [0.4, 0.5) is 0 Å². The highest BCUT2D eigenvalue weighted by Gasteiger charge is 2.14. The summed E-state index contributed by atoms with van der Waals surface area (Å²) < 4.78 is 5.89. The van der Waals surface area contributed by atoms with Gasteiger partial charge in [0.2, 0.25) is 0 Å². The smallest absolute Gasteiger partial charge is 0.251 e. The van der Waals surface area contributed by atoms with E-state index in [1.54, 1.807) is 24.3 Å². The Balaban J connectivity index is 1.33. The van der Waals surface area contributed by atoms with Crippen molar-refractivity contribution >= 4 is 16.7 Å². The van der Waals surface area contributed by atoms with Crippen LogP contribution in [0.5, 0.6) is 5.75 Å². The summed E-state index contributed by atoms with van der Waals surface area (Å²) in [5, 5.41) is 14.9. The Morgan fingerprint density at radius 1 is 0.806 bits per heavy atom. The minimum absolute atomic E-state index is 0.117. The molecule has 4 aromatic carbocycles. The summed E-state index contributed by atoms with van der Waals surface area (Å²) in [5.41, 5.74) is 2.69. The van der Waals surface area contributed by atoms with Gasteiger partial charge in [-0.15, -0.1) is 0 Å². The summed E-state index contributed by atoms with van der Waals surface area (Å²) in [6.07, 6.45) is 0.579. The van der Waals surface area contributed by atoms with E-state index in [4.69, 9.17) is 4.74 Å². The maximum atomic E-state index is 12.6. The first-order valence-electron chi connectivity index (χ1n) is 10.4. The number of hydrogen-bond acceptors (Lipinski definition) is 3. The highest BCUT2D eigenvalue weighted by atomic mass is 16.5. The van der Waals surface area contributed by atoms with Crippen LogP contribution in [0.1, 0.15) is 21.5 Å². The number of carbonyl (C=O) groups excluding carboxylic acids is 1. The Morgan fingerprint density at radius 3 is 2.26 bits per heavy atom. The van der Waals surface area contributed by atoms with Gasteiger partial charge in [-0.2, -0.15) is 0 Å². The van der Waals surface area contributed by atoms with Gasteiger partial charge >= 0.3 is 0 Å². The first kappa shape index (κ1) is 20.6. The number of benzene rings is 4. The van der Waals surface area contributed by atoms with E-state index in [0.717, 1.165) is 11.1 Å². The zero-order valence-electron chi connectivity index (χ0n) is 17.2. The Bertz CT molecular complexity index is 1140. The Morgan fingerprint density at radius 2 is 1.52 bits per heavy atom. The quantitative estimate of drug-likeness (QED) is 0.440. The molecule has 4 rings (SSSR count). The molecular formula is C27H25NO3. The minimum atomic E-state index is -0.335. The lowest BCUT2D eigenvalue weighted by atomic mass is 10.1. The molecule has 0 aliphatic rings. The van der Waals surface area contributed by atoms with Gasteiger partial charge < -0.3 is 15.2 Å². The molecule has 4 nitrogen and oxygen atoms in total. The van der Waals surface area contributed by atoms with Gasteiger partial charge in [0.25, 0.3) is 5.91 Å². The van der Waals surface area contributed by atoms with Gasteiger partial charge in [0.15, 0.2) is 0 Å². The van der Waals surface area contributed by atoms with Crippen LogP contribution in [0.25, 0.3) is 10.8 Å².